The summed E-state index contributed by atoms with van der Waals surface area (Å²) in [7, 11) is 1.69. The maximum Gasteiger partial charge on any atom is 0.254 e. The van der Waals surface area contributed by atoms with E-state index in [1.807, 2.05) is 4.90 Å². The second-order valence-corrected chi connectivity index (χ2v) is 5.86. The molecule has 110 valence electrons. The fourth-order valence-electron chi connectivity index (χ4n) is 3.01. The highest BCUT2D eigenvalue weighted by Gasteiger charge is 2.33. The van der Waals surface area contributed by atoms with Gasteiger partial charge in [0.1, 0.15) is 0 Å². The number of piperidine rings is 1. The third-order valence-corrected chi connectivity index (χ3v) is 4.96. The molecule has 0 radical (unpaired) electrons. The Bertz CT molecular complexity index is 534. The van der Waals surface area contributed by atoms with E-state index >= 15 is 0 Å². The van der Waals surface area contributed by atoms with Gasteiger partial charge in [0, 0.05) is 38.0 Å². The predicted molar refractivity (Wildman–Crippen MR) is 79.8 cm³/mol. The Kier molecular flexibility index (Phi) is 4.31. The van der Waals surface area contributed by atoms with E-state index in [4.69, 9.17) is 0 Å². The Labute approximate surface area is 120 Å². The van der Waals surface area contributed by atoms with E-state index < -0.39 is 0 Å². The van der Waals surface area contributed by atoms with Gasteiger partial charge in [-0.25, -0.2) is 0 Å². The highest BCUT2D eigenvalue weighted by atomic mass is 16.2. The Morgan fingerprint density at radius 1 is 1.25 bits per heavy atom. The van der Waals surface area contributed by atoms with Crippen LogP contribution in [0.3, 0.4) is 0 Å². The zero-order valence-corrected chi connectivity index (χ0v) is 12.7. The normalized spacial score (nSPS) is 18.1. The van der Waals surface area contributed by atoms with Gasteiger partial charge in [-0.15, -0.1) is 0 Å². The lowest BCUT2D eigenvalue weighted by atomic mass is 9.74. The van der Waals surface area contributed by atoms with E-state index in [0.29, 0.717) is 11.0 Å². The molecule has 0 bridgehead atoms. The molecule has 2 heterocycles. The number of amides is 1. The molecule has 0 saturated carbocycles. The highest BCUT2D eigenvalue weighted by Crippen LogP contribution is 2.38. The summed E-state index contributed by atoms with van der Waals surface area (Å²) in [6.45, 7) is 6.08. The van der Waals surface area contributed by atoms with Gasteiger partial charge in [-0.05, 0) is 24.3 Å². The summed E-state index contributed by atoms with van der Waals surface area (Å²) >= 11 is 0. The molecule has 20 heavy (non-hydrogen) atoms. The summed E-state index contributed by atoms with van der Waals surface area (Å²) < 4.78 is 1.48. The molecule has 0 spiro atoms. The van der Waals surface area contributed by atoms with Gasteiger partial charge in [-0.3, -0.25) is 9.59 Å². The quantitative estimate of drug-likeness (QED) is 0.851. The third-order valence-electron chi connectivity index (χ3n) is 4.96. The van der Waals surface area contributed by atoms with Crippen LogP contribution >= 0.6 is 0 Å². The van der Waals surface area contributed by atoms with Crippen LogP contribution in [0.25, 0.3) is 0 Å². The van der Waals surface area contributed by atoms with Crippen LogP contribution < -0.4 is 5.56 Å². The number of aromatic nitrogens is 1. The van der Waals surface area contributed by atoms with Crippen molar-refractivity contribution in [3.05, 3.63) is 34.2 Å². The lowest BCUT2D eigenvalue weighted by Gasteiger charge is -2.41. The fourth-order valence-corrected chi connectivity index (χ4v) is 3.01. The number of hydrogen-bond donors (Lipinski definition) is 0. The first-order chi connectivity index (χ1) is 9.51. The summed E-state index contributed by atoms with van der Waals surface area (Å²) in [5.74, 6) is -0.0106. The van der Waals surface area contributed by atoms with Crippen LogP contribution in [-0.2, 0) is 7.05 Å². The average Bonchev–Trinajstić information content (AvgIpc) is 2.49. The summed E-state index contributed by atoms with van der Waals surface area (Å²) in [6.07, 6.45) is 6.14. The molecule has 0 aromatic carbocycles. The molecular formula is C16H24N2O2. The Morgan fingerprint density at radius 3 is 2.35 bits per heavy atom. The molecule has 4 nitrogen and oxygen atoms in total. The second-order valence-electron chi connectivity index (χ2n) is 5.86. The molecule has 1 amide bonds. The fraction of sp³-hybridized carbons (Fsp3) is 0.625. The van der Waals surface area contributed by atoms with E-state index in [1.54, 1.807) is 19.3 Å². The SMILES string of the molecule is CCC1(CC)CCN(C(=O)c2ccn(C)c(=O)c2)CC1. The van der Waals surface area contributed by atoms with Crippen molar-refractivity contribution >= 4 is 5.91 Å². The molecule has 0 unspecified atom stereocenters. The number of likely N-dealkylation sites (tertiary alicyclic amines) is 1. The van der Waals surface area contributed by atoms with Crippen molar-refractivity contribution in [1.82, 2.24) is 9.47 Å². The molecular weight excluding hydrogens is 252 g/mol. The zero-order valence-electron chi connectivity index (χ0n) is 12.7. The van der Waals surface area contributed by atoms with E-state index in [0.717, 1.165) is 25.9 Å². The number of carbonyl (C=O) groups excluding carboxylic acids is 1. The second kappa shape index (κ2) is 5.81. The Balaban J connectivity index is 2.08. The molecule has 2 rings (SSSR count). The first-order valence-corrected chi connectivity index (χ1v) is 7.47. The first-order valence-electron chi connectivity index (χ1n) is 7.47. The number of hydrogen-bond acceptors (Lipinski definition) is 2. The molecule has 0 N–H and O–H groups in total. The van der Waals surface area contributed by atoms with Crippen molar-refractivity contribution < 1.29 is 4.79 Å². The van der Waals surface area contributed by atoms with Gasteiger partial charge in [-0.1, -0.05) is 26.7 Å². The van der Waals surface area contributed by atoms with Gasteiger partial charge in [0.25, 0.3) is 11.5 Å². The topological polar surface area (TPSA) is 42.3 Å². The predicted octanol–water partition coefficient (Wildman–Crippen LogP) is 2.43. The summed E-state index contributed by atoms with van der Waals surface area (Å²) in [4.78, 5) is 25.9. The van der Waals surface area contributed by atoms with E-state index in [9.17, 15) is 9.59 Å². The maximum atomic E-state index is 12.4. The first kappa shape index (κ1) is 14.8. The molecule has 4 heteroatoms. The third kappa shape index (κ3) is 2.79. The molecule has 0 aliphatic carbocycles. The Hall–Kier alpha value is -1.58. The van der Waals surface area contributed by atoms with Crippen molar-refractivity contribution in [2.45, 2.75) is 39.5 Å². The van der Waals surface area contributed by atoms with Crippen LogP contribution in [0, 0.1) is 5.41 Å². The van der Waals surface area contributed by atoms with Gasteiger partial charge in [0.15, 0.2) is 0 Å². The van der Waals surface area contributed by atoms with Crippen molar-refractivity contribution in [3.63, 3.8) is 0 Å². The molecule has 1 aliphatic heterocycles. The lowest BCUT2D eigenvalue weighted by Crippen LogP contribution is -2.43. The number of rotatable bonds is 3. The maximum absolute atomic E-state index is 12.4. The minimum absolute atomic E-state index is 0.0106. The smallest absolute Gasteiger partial charge is 0.254 e. The van der Waals surface area contributed by atoms with Crippen LogP contribution in [0.4, 0.5) is 0 Å². The van der Waals surface area contributed by atoms with Gasteiger partial charge in [0.05, 0.1) is 0 Å². The van der Waals surface area contributed by atoms with E-state index in [-0.39, 0.29) is 11.5 Å². The summed E-state index contributed by atoms with van der Waals surface area (Å²) in [5.41, 5.74) is 0.779. The lowest BCUT2D eigenvalue weighted by molar-refractivity contribution is 0.0557. The number of aryl methyl sites for hydroxylation is 1. The molecule has 1 aliphatic rings. The van der Waals surface area contributed by atoms with Gasteiger partial charge >= 0.3 is 0 Å². The van der Waals surface area contributed by atoms with Gasteiger partial charge in [-0.2, -0.15) is 0 Å². The minimum Gasteiger partial charge on any atom is -0.339 e. The average molecular weight is 276 g/mol. The van der Waals surface area contributed by atoms with E-state index in [2.05, 4.69) is 13.8 Å². The number of carbonyl (C=O) groups is 1. The van der Waals surface area contributed by atoms with Gasteiger partial charge < -0.3 is 9.47 Å². The largest absolute Gasteiger partial charge is 0.339 e. The zero-order chi connectivity index (χ0) is 14.8. The van der Waals surface area contributed by atoms with Crippen LogP contribution in [0.1, 0.15) is 49.9 Å². The van der Waals surface area contributed by atoms with Crippen molar-refractivity contribution in [2.24, 2.45) is 12.5 Å². The van der Waals surface area contributed by atoms with Crippen molar-refractivity contribution in [2.75, 3.05) is 13.1 Å². The molecule has 1 fully saturated rings. The number of nitrogens with zero attached hydrogens (tertiary/aromatic N) is 2. The summed E-state index contributed by atoms with van der Waals surface area (Å²) in [5, 5.41) is 0. The molecule has 1 saturated heterocycles. The van der Waals surface area contributed by atoms with Crippen molar-refractivity contribution in [3.8, 4) is 0 Å². The minimum atomic E-state index is -0.135. The van der Waals surface area contributed by atoms with Crippen LogP contribution in [0.5, 0.6) is 0 Å². The molecule has 0 atom stereocenters. The van der Waals surface area contributed by atoms with Crippen LogP contribution in [0.2, 0.25) is 0 Å². The van der Waals surface area contributed by atoms with Crippen LogP contribution in [0.15, 0.2) is 23.1 Å². The van der Waals surface area contributed by atoms with Crippen molar-refractivity contribution in [1.29, 1.82) is 0 Å². The van der Waals surface area contributed by atoms with E-state index in [1.165, 1.54) is 23.5 Å². The number of pyridine rings is 1. The standard InChI is InChI=1S/C16H24N2O2/c1-4-16(5-2)7-10-18(11-8-16)15(20)13-6-9-17(3)14(19)12-13/h6,9,12H,4-5,7-8,10-11H2,1-3H3. The molecule has 1 aromatic heterocycles. The Morgan fingerprint density at radius 2 is 1.85 bits per heavy atom. The highest BCUT2D eigenvalue weighted by molar-refractivity contribution is 5.94. The van der Waals surface area contributed by atoms with Gasteiger partial charge in [0.2, 0.25) is 0 Å². The monoisotopic (exact) mass is 276 g/mol. The van der Waals surface area contributed by atoms with Crippen LogP contribution in [-0.4, -0.2) is 28.5 Å². The summed E-state index contributed by atoms with van der Waals surface area (Å²) in [6, 6.07) is 3.16. The molecule has 1 aromatic rings.